The molecule has 5 nitrogen and oxygen atoms in total. The van der Waals surface area contributed by atoms with Crippen molar-refractivity contribution in [3.05, 3.63) is 188 Å². The molecule has 0 saturated carbocycles. The lowest BCUT2D eigenvalue weighted by Crippen LogP contribution is -2.09. The smallest absolute Gasteiger partial charge is 0.247 e. The van der Waals surface area contributed by atoms with E-state index in [1.165, 1.54) is 0 Å². The molecular formula is C50H30F3N5. The highest BCUT2D eigenvalue weighted by molar-refractivity contribution is 6.23. The van der Waals surface area contributed by atoms with Gasteiger partial charge in [-0.2, -0.15) is 13.2 Å². The largest absolute Gasteiger partial charge is 0.417 e. The van der Waals surface area contributed by atoms with Crippen LogP contribution >= 0.6 is 0 Å². The predicted octanol–water partition coefficient (Wildman–Crippen LogP) is 13.1. The Labute approximate surface area is 331 Å². The molecule has 0 N–H and O–H groups in total. The zero-order valence-electron chi connectivity index (χ0n) is 30.7. The highest BCUT2D eigenvalue weighted by atomic mass is 19.4. The summed E-state index contributed by atoms with van der Waals surface area (Å²) in [6.07, 6.45) is -4.77. The number of aromatic nitrogens is 5. The number of benzene rings is 7. The molecule has 10 aromatic rings. The first-order valence-electron chi connectivity index (χ1n) is 18.8. The fourth-order valence-corrected chi connectivity index (χ4v) is 7.65. The molecule has 0 aliphatic heterocycles. The van der Waals surface area contributed by atoms with Crippen LogP contribution in [-0.2, 0) is 6.18 Å². The lowest BCUT2D eigenvalue weighted by molar-refractivity contribution is -0.136. The summed E-state index contributed by atoms with van der Waals surface area (Å²) in [6, 6.07) is 56.1. The zero-order chi connectivity index (χ0) is 39.2. The van der Waals surface area contributed by atoms with Gasteiger partial charge in [-0.1, -0.05) is 164 Å². The van der Waals surface area contributed by atoms with Gasteiger partial charge in [0.2, 0.25) is 0 Å². The van der Waals surface area contributed by atoms with Crippen LogP contribution in [0.3, 0.4) is 0 Å². The van der Waals surface area contributed by atoms with Gasteiger partial charge in [0.25, 0.3) is 0 Å². The lowest BCUT2D eigenvalue weighted by Gasteiger charge is -2.20. The van der Waals surface area contributed by atoms with E-state index in [1.54, 1.807) is 6.07 Å². The van der Waals surface area contributed by atoms with Gasteiger partial charge in [-0.25, -0.2) is 24.9 Å². The molecule has 0 unspecified atom stereocenters. The summed E-state index contributed by atoms with van der Waals surface area (Å²) >= 11 is 0. The molecule has 276 valence electrons. The van der Waals surface area contributed by atoms with Crippen LogP contribution in [0, 0.1) is 0 Å². The highest BCUT2D eigenvalue weighted by Crippen LogP contribution is 2.47. The number of pyridine rings is 1. The Morgan fingerprint density at radius 3 is 1.50 bits per heavy atom. The molecule has 7 aromatic carbocycles. The van der Waals surface area contributed by atoms with Crippen molar-refractivity contribution in [2.75, 3.05) is 0 Å². The summed E-state index contributed by atoms with van der Waals surface area (Å²) in [5.41, 5.74) is 6.88. The number of hydrogen-bond donors (Lipinski definition) is 0. The number of halogens is 3. The SMILES string of the molecule is FC(F)(F)c1cc2nc(-c3ccccc3)c(-c3ccccc3)nc2c2c1c(-c1ccccc1-c1cc(-c3ccccc3)nc(-c3ccccc3)n1)nc1ccccc12. The van der Waals surface area contributed by atoms with Gasteiger partial charge < -0.3 is 0 Å². The van der Waals surface area contributed by atoms with Crippen molar-refractivity contribution in [2.24, 2.45) is 0 Å². The summed E-state index contributed by atoms with van der Waals surface area (Å²) in [6.45, 7) is 0. The topological polar surface area (TPSA) is 64.5 Å². The second kappa shape index (κ2) is 14.2. The van der Waals surface area contributed by atoms with Gasteiger partial charge in [0.15, 0.2) is 5.82 Å². The third kappa shape index (κ3) is 6.21. The Morgan fingerprint density at radius 2 is 0.862 bits per heavy atom. The normalized spacial score (nSPS) is 11.7. The lowest BCUT2D eigenvalue weighted by atomic mass is 9.91. The molecule has 0 saturated heterocycles. The van der Waals surface area contributed by atoms with E-state index in [0.717, 1.165) is 28.3 Å². The third-order valence-corrected chi connectivity index (χ3v) is 10.3. The Hall–Kier alpha value is -7.58. The van der Waals surface area contributed by atoms with E-state index in [1.807, 2.05) is 170 Å². The van der Waals surface area contributed by atoms with Gasteiger partial charge in [0, 0.05) is 49.5 Å². The van der Waals surface area contributed by atoms with Crippen LogP contribution in [0.4, 0.5) is 13.2 Å². The summed E-state index contributed by atoms with van der Waals surface area (Å²) in [4.78, 5) is 25.3. The van der Waals surface area contributed by atoms with E-state index >= 15 is 13.2 Å². The van der Waals surface area contributed by atoms with E-state index in [2.05, 4.69) is 0 Å². The summed E-state index contributed by atoms with van der Waals surface area (Å²) < 4.78 is 47.2. The number of alkyl halides is 3. The van der Waals surface area contributed by atoms with Crippen molar-refractivity contribution in [3.8, 4) is 67.7 Å². The first-order valence-corrected chi connectivity index (χ1v) is 18.8. The van der Waals surface area contributed by atoms with E-state index in [0.29, 0.717) is 61.5 Å². The molecule has 10 rings (SSSR count). The van der Waals surface area contributed by atoms with E-state index in [-0.39, 0.29) is 16.6 Å². The van der Waals surface area contributed by atoms with Crippen molar-refractivity contribution in [2.45, 2.75) is 6.18 Å². The van der Waals surface area contributed by atoms with Crippen molar-refractivity contribution in [3.63, 3.8) is 0 Å². The van der Waals surface area contributed by atoms with Crippen LogP contribution in [0.25, 0.3) is 100 Å². The van der Waals surface area contributed by atoms with Gasteiger partial charge in [0.05, 0.1) is 50.6 Å². The maximum Gasteiger partial charge on any atom is 0.417 e. The summed E-state index contributed by atoms with van der Waals surface area (Å²) in [7, 11) is 0. The quantitative estimate of drug-likeness (QED) is 0.158. The van der Waals surface area contributed by atoms with Gasteiger partial charge in [-0.05, 0) is 18.2 Å². The minimum absolute atomic E-state index is 0.0625. The molecule has 0 fully saturated rings. The minimum atomic E-state index is -4.77. The summed E-state index contributed by atoms with van der Waals surface area (Å²) in [5, 5.41) is 0.796. The average Bonchev–Trinajstić information content (AvgIpc) is 3.28. The monoisotopic (exact) mass is 757 g/mol. The first kappa shape index (κ1) is 34.9. The van der Waals surface area contributed by atoms with Crippen LogP contribution in [-0.4, -0.2) is 24.9 Å². The second-order valence-electron chi connectivity index (χ2n) is 13.9. The molecule has 0 radical (unpaired) electrons. The Morgan fingerprint density at radius 1 is 0.362 bits per heavy atom. The second-order valence-corrected chi connectivity index (χ2v) is 13.9. The molecule has 0 spiro atoms. The van der Waals surface area contributed by atoms with Crippen LogP contribution < -0.4 is 0 Å². The van der Waals surface area contributed by atoms with Crippen molar-refractivity contribution in [1.82, 2.24) is 24.9 Å². The zero-order valence-corrected chi connectivity index (χ0v) is 30.7. The Kier molecular flexibility index (Phi) is 8.52. The molecule has 0 bridgehead atoms. The maximum absolute atomic E-state index is 15.7. The van der Waals surface area contributed by atoms with Gasteiger partial charge >= 0.3 is 6.18 Å². The van der Waals surface area contributed by atoms with Crippen LogP contribution in [0.2, 0.25) is 0 Å². The molecule has 0 atom stereocenters. The Bertz CT molecular complexity index is 3080. The van der Waals surface area contributed by atoms with Crippen LogP contribution in [0.15, 0.2) is 182 Å². The summed E-state index contributed by atoms with van der Waals surface area (Å²) in [5.74, 6) is 0.489. The number of nitrogens with zero attached hydrogens (tertiary/aromatic N) is 5. The molecule has 58 heavy (non-hydrogen) atoms. The fourth-order valence-electron chi connectivity index (χ4n) is 7.65. The maximum atomic E-state index is 15.7. The number of fused-ring (bicyclic) bond motifs is 5. The predicted molar refractivity (Wildman–Crippen MR) is 226 cm³/mol. The minimum Gasteiger partial charge on any atom is -0.247 e. The molecule has 8 heteroatoms. The van der Waals surface area contributed by atoms with Gasteiger partial charge in [-0.15, -0.1) is 0 Å². The van der Waals surface area contributed by atoms with E-state index < -0.39 is 11.7 Å². The van der Waals surface area contributed by atoms with E-state index in [9.17, 15) is 0 Å². The standard InChI is InChI=1S/C50H30F3N5/c51-50(52,53)38-29-42-48(58-46(33-21-9-3-10-22-33)45(55-42)32-19-7-2-8-20-32)43-37-27-15-16-28-39(37)54-47(44(38)43)36-26-14-13-25-35(36)41-30-40(31-17-5-1-6-18-31)56-49(57-41)34-23-11-4-12-24-34/h1-30H. The molecular weight excluding hydrogens is 728 g/mol. The van der Waals surface area contributed by atoms with Crippen LogP contribution in [0.1, 0.15) is 5.56 Å². The van der Waals surface area contributed by atoms with E-state index in [4.69, 9.17) is 24.9 Å². The van der Waals surface area contributed by atoms with Crippen molar-refractivity contribution in [1.29, 1.82) is 0 Å². The molecule has 3 aromatic heterocycles. The first-order chi connectivity index (χ1) is 28.4. The third-order valence-electron chi connectivity index (χ3n) is 10.3. The molecule has 0 amide bonds. The van der Waals surface area contributed by atoms with Gasteiger partial charge in [0.1, 0.15) is 0 Å². The number of para-hydroxylation sites is 1. The number of rotatable bonds is 6. The number of hydrogen-bond acceptors (Lipinski definition) is 5. The van der Waals surface area contributed by atoms with Crippen LogP contribution in [0.5, 0.6) is 0 Å². The Balaban J connectivity index is 1.32. The molecule has 3 heterocycles. The van der Waals surface area contributed by atoms with Crippen molar-refractivity contribution >= 4 is 32.7 Å². The van der Waals surface area contributed by atoms with Gasteiger partial charge in [-0.3, -0.25) is 0 Å². The molecule has 0 aliphatic carbocycles. The highest BCUT2D eigenvalue weighted by Gasteiger charge is 2.36. The van der Waals surface area contributed by atoms with Crippen molar-refractivity contribution < 1.29 is 13.2 Å². The fraction of sp³-hybridized carbons (Fsp3) is 0.0200. The average molecular weight is 758 g/mol. The molecule has 0 aliphatic rings.